The van der Waals surface area contributed by atoms with E-state index in [0.717, 1.165) is 89.9 Å². The second-order valence-electron chi connectivity index (χ2n) is 22.0. The average molecular weight is 1050 g/mol. The number of carbonyl (C=O) groups excluding carboxylic acids is 3. The second kappa shape index (κ2) is 63.6. The minimum atomic E-state index is -0.775. The van der Waals surface area contributed by atoms with Crippen LogP contribution < -0.4 is 0 Å². The van der Waals surface area contributed by atoms with Gasteiger partial charge in [-0.05, 0) is 83.5 Å². The molecule has 1 unspecified atom stereocenters. The standard InChI is InChI=1S/C69H124O6/c1-4-7-10-13-16-19-22-25-28-29-30-31-32-33-34-35-36-37-38-39-40-41-42-45-47-50-53-56-59-62-68(71)74-65-66(75-69(72)63-60-57-54-51-48-44-27-24-21-18-15-12-9-6-3)64-73-67(70)61-58-55-52-49-46-43-26-23-20-17-14-11-8-5-2/h7,10,16,19,24-25,27-28,30-31,66H,4-6,8-9,11-15,17-18,20-23,26,29,32-65H2,1-3H3/b10-7-,19-16-,27-24-,28-25-,31-30-. The van der Waals surface area contributed by atoms with Crippen molar-refractivity contribution in [2.75, 3.05) is 13.2 Å². The van der Waals surface area contributed by atoms with Crippen molar-refractivity contribution in [3.8, 4) is 0 Å². The molecule has 0 amide bonds. The first kappa shape index (κ1) is 72.1. The lowest BCUT2D eigenvalue weighted by molar-refractivity contribution is -0.167. The van der Waals surface area contributed by atoms with Crippen LogP contribution in [0.2, 0.25) is 0 Å². The zero-order valence-corrected chi connectivity index (χ0v) is 50.1. The van der Waals surface area contributed by atoms with Gasteiger partial charge in [0, 0.05) is 19.3 Å². The summed E-state index contributed by atoms with van der Waals surface area (Å²) in [6.07, 6.45) is 80.9. The summed E-state index contributed by atoms with van der Waals surface area (Å²) in [6, 6.07) is 0. The molecule has 75 heavy (non-hydrogen) atoms. The van der Waals surface area contributed by atoms with Gasteiger partial charge in [0.15, 0.2) is 6.10 Å². The molecule has 0 saturated carbocycles. The number of unbranched alkanes of at least 4 members (excludes halogenated alkanes) is 39. The van der Waals surface area contributed by atoms with Crippen molar-refractivity contribution in [2.45, 2.75) is 348 Å². The van der Waals surface area contributed by atoms with Crippen LogP contribution in [-0.2, 0) is 28.6 Å². The molecular weight excluding hydrogens is 925 g/mol. The van der Waals surface area contributed by atoms with Crippen molar-refractivity contribution >= 4 is 17.9 Å². The highest BCUT2D eigenvalue weighted by Gasteiger charge is 2.19. The van der Waals surface area contributed by atoms with Gasteiger partial charge in [-0.25, -0.2) is 0 Å². The Kier molecular flexibility index (Phi) is 61.2. The first-order valence-corrected chi connectivity index (χ1v) is 32.8. The number of ether oxygens (including phenoxy) is 3. The van der Waals surface area contributed by atoms with Crippen molar-refractivity contribution in [2.24, 2.45) is 0 Å². The van der Waals surface area contributed by atoms with Crippen LogP contribution in [0.15, 0.2) is 60.8 Å². The molecule has 0 radical (unpaired) electrons. The highest BCUT2D eigenvalue weighted by Crippen LogP contribution is 2.17. The second-order valence-corrected chi connectivity index (χ2v) is 22.0. The van der Waals surface area contributed by atoms with Gasteiger partial charge < -0.3 is 14.2 Å². The Labute approximate surface area is 466 Å². The van der Waals surface area contributed by atoms with E-state index >= 15 is 0 Å². The topological polar surface area (TPSA) is 78.9 Å². The zero-order valence-electron chi connectivity index (χ0n) is 50.1. The van der Waals surface area contributed by atoms with Crippen molar-refractivity contribution in [1.29, 1.82) is 0 Å². The summed E-state index contributed by atoms with van der Waals surface area (Å²) in [7, 11) is 0. The van der Waals surface area contributed by atoms with Crippen LogP contribution in [0.4, 0.5) is 0 Å². The van der Waals surface area contributed by atoms with Gasteiger partial charge in [0.2, 0.25) is 0 Å². The van der Waals surface area contributed by atoms with Crippen LogP contribution in [0, 0.1) is 0 Å². The molecule has 0 spiro atoms. The third-order valence-electron chi connectivity index (χ3n) is 14.5. The molecule has 6 heteroatoms. The number of allylic oxidation sites excluding steroid dienone is 10. The Morgan fingerprint density at radius 2 is 0.520 bits per heavy atom. The zero-order chi connectivity index (χ0) is 54.3. The van der Waals surface area contributed by atoms with E-state index in [1.807, 2.05) is 0 Å². The van der Waals surface area contributed by atoms with E-state index < -0.39 is 6.10 Å². The summed E-state index contributed by atoms with van der Waals surface area (Å²) in [5.41, 5.74) is 0. The third-order valence-corrected chi connectivity index (χ3v) is 14.5. The first-order valence-electron chi connectivity index (χ1n) is 32.8. The van der Waals surface area contributed by atoms with Crippen molar-refractivity contribution in [1.82, 2.24) is 0 Å². The minimum absolute atomic E-state index is 0.0721. The van der Waals surface area contributed by atoms with Gasteiger partial charge in [0.25, 0.3) is 0 Å². The molecule has 1 atom stereocenters. The molecule has 0 aromatic rings. The fourth-order valence-corrected chi connectivity index (χ4v) is 9.61. The fraction of sp³-hybridized carbons (Fsp3) is 0.812. The van der Waals surface area contributed by atoms with E-state index in [-0.39, 0.29) is 31.1 Å². The minimum Gasteiger partial charge on any atom is -0.462 e. The molecule has 0 aromatic carbocycles. The van der Waals surface area contributed by atoms with Gasteiger partial charge in [-0.1, -0.05) is 300 Å². The Morgan fingerprint density at radius 1 is 0.280 bits per heavy atom. The Hall–Kier alpha value is -2.89. The van der Waals surface area contributed by atoms with Crippen LogP contribution in [0.5, 0.6) is 0 Å². The molecule has 0 rings (SSSR count). The summed E-state index contributed by atoms with van der Waals surface area (Å²) in [4.78, 5) is 38.3. The Morgan fingerprint density at radius 3 is 0.827 bits per heavy atom. The van der Waals surface area contributed by atoms with Crippen molar-refractivity contribution < 1.29 is 28.6 Å². The Balaban J connectivity index is 4.18. The summed E-state index contributed by atoms with van der Waals surface area (Å²) in [6.45, 7) is 6.56. The summed E-state index contributed by atoms with van der Waals surface area (Å²) in [5, 5.41) is 0. The molecule has 0 aromatic heterocycles. The lowest BCUT2D eigenvalue weighted by atomic mass is 10.0. The normalized spacial score (nSPS) is 12.4. The number of rotatable bonds is 60. The molecule has 436 valence electrons. The number of hydrogen-bond acceptors (Lipinski definition) is 6. The van der Waals surface area contributed by atoms with Gasteiger partial charge in [0.05, 0.1) is 0 Å². The molecule has 0 heterocycles. The molecule has 0 aliphatic rings. The maximum atomic E-state index is 12.9. The van der Waals surface area contributed by atoms with E-state index in [1.165, 1.54) is 212 Å². The average Bonchev–Trinajstić information content (AvgIpc) is 3.41. The third kappa shape index (κ3) is 61.8. The number of hydrogen-bond donors (Lipinski definition) is 0. The molecular formula is C69H124O6. The smallest absolute Gasteiger partial charge is 0.306 e. The van der Waals surface area contributed by atoms with Crippen LogP contribution in [0.3, 0.4) is 0 Å². The van der Waals surface area contributed by atoms with Crippen LogP contribution in [0.1, 0.15) is 342 Å². The fourth-order valence-electron chi connectivity index (χ4n) is 9.61. The van der Waals surface area contributed by atoms with E-state index in [2.05, 4.69) is 81.5 Å². The molecule has 0 N–H and O–H groups in total. The highest BCUT2D eigenvalue weighted by molar-refractivity contribution is 5.71. The van der Waals surface area contributed by atoms with E-state index in [1.54, 1.807) is 0 Å². The van der Waals surface area contributed by atoms with Gasteiger partial charge in [0.1, 0.15) is 13.2 Å². The van der Waals surface area contributed by atoms with E-state index in [0.29, 0.717) is 19.3 Å². The molecule has 0 aliphatic heterocycles. The number of carbonyl (C=O) groups is 3. The predicted octanol–water partition coefficient (Wildman–Crippen LogP) is 22.3. The van der Waals surface area contributed by atoms with Crippen molar-refractivity contribution in [3.05, 3.63) is 60.8 Å². The largest absolute Gasteiger partial charge is 0.462 e. The number of esters is 3. The van der Waals surface area contributed by atoms with Crippen molar-refractivity contribution in [3.63, 3.8) is 0 Å². The molecule has 0 aliphatic carbocycles. The molecule has 0 fully saturated rings. The molecule has 0 saturated heterocycles. The van der Waals surface area contributed by atoms with E-state index in [9.17, 15) is 14.4 Å². The lowest BCUT2D eigenvalue weighted by Crippen LogP contribution is -2.30. The summed E-state index contributed by atoms with van der Waals surface area (Å²) >= 11 is 0. The van der Waals surface area contributed by atoms with Gasteiger partial charge in [-0.15, -0.1) is 0 Å². The molecule has 6 nitrogen and oxygen atoms in total. The quantitative estimate of drug-likeness (QED) is 0.0261. The highest BCUT2D eigenvalue weighted by atomic mass is 16.6. The maximum Gasteiger partial charge on any atom is 0.306 e. The SMILES string of the molecule is CC/C=C\C/C=C\C/C=C\C/C=C\CCCCCCCCCCCCCCCCCCC(=O)OCC(COC(=O)CCCCCCCCCCCCCCCC)OC(=O)CCCCCCC/C=C\CCCCCCC. The Bertz CT molecular complexity index is 1340. The van der Waals surface area contributed by atoms with Gasteiger partial charge in [-0.2, -0.15) is 0 Å². The van der Waals surface area contributed by atoms with Crippen LogP contribution >= 0.6 is 0 Å². The van der Waals surface area contributed by atoms with Crippen LogP contribution in [0.25, 0.3) is 0 Å². The summed E-state index contributed by atoms with van der Waals surface area (Å²) in [5.74, 6) is -0.860. The van der Waals surface area contributed by atoms with Gasteiger partial charge >= 0.3 is 17.9 Å². The summed E-state index contributed by atoms with van der Waals surface area (Å²) < 4.78 is 16.9. The molecule has 0 bridgehead atoms. The lowest BCUT2D eigenvalue weighted by Gasteiger charge is -2.18. The van der Waals surface area contributed by atoms with Crippen LogP contribution in [-0.4, -0.2) is 37.2 Å². The first-order chi connectivity index (χ1) is 37.0. The maximum absolute atomic E-state index is 12.9. The van der Waals surface area contributed by atoms with E-state index in [4.69, 9.17) is 14.2 Å². The monoisotopic (exact) mass is 1050 g/mol. The predicted molar refractivity (Wildman–Crippen MR) is 325 cm³/mol. The van der Waals surface area contributed by atoms with Gasteiger partial charge in [-0.3, -0.25) is 14.4 Å².